The van der Waals surface area contributed by atoms with Crippen molar-refractivity contribution in [1.29, 1.82) is 0 Å². The Morgan fingerprint density at radius 1 is 0.489 bits per heavy atom. The van der Waals surface area contributed by atoms with Gasteiger partial charge in [0.25, 0.3) is 11.8 Å². The number of hydrogen-bond donors (Lipinski definition) is 4. The highest BCUT2D eigenvalue weighted by molar-refractivity contribution is 7.53. The first-order chi connectivity index (χ1) is 41.9. The fourth-order valence-corrected chi connectivity index (χ4v) is 12.0. The van der Waals surface area contributed by atoms with Gasteiger partial charge in [0.05, 0.1) is 113 Å². The van der Waals surface area contributed by atoms with Crippen LogP contribution >= 0.6 is 15.2 Å². The summed E-state index contributed by atoms with van der Waals surface area (Å²) in [6.07, 6.45) is -8.48. The molecule has 476 valence electrons. The second-order valence-electron chi connectivity index (χ2n) is 19.3. The third kappa shape index (κ3) is 17.9. The number of carbonyl (C=O) groups is 2. The number of ether oxygens (including phenoxy) is 6. The van der Waals surface area contributed by atoms with Crippen molar-refractivity contribution < 1.29 is 91.6 Å². The largest absolute Gasteiger partial charge is 0.495 e. The van der Waals surface area contributed by atoms with Gasteiger partial charge in [-0.05, 0) is 58.7 Å². The normalized spacial score (nSPS) is 13.2. The molecule has 0 saturated carbocycles. The highest BCUT2D eigenvalue weighted by Gasteiger charge is 2.38. The lowest BCUT2D eigenvalue weighted by Crippen LogP contribution is -2.18. The van der Waals surface area contributed by atoms with Crippen LogP contribution in [0.2, 0.25) is 0 Å². The SMILES string of the molecule is COCCOP(=O)(Cc1ccc(Nc2nc(Nc3cccc4c3C(=O)N(C)C4)ncc2C(F)(F)F)c(OC)c1)OCCOC.COCCOP(=O)(Cc1ccc(Nc2ncc(C(F)(F)F)c(Nc3cccc4c3C(=O)N(C)C4)n2)c(OC)c1)OCCOC. The number of rotatable bonds is 30. The van der Waals surface area contributed by atoms with Crippen molar-refractivity contribution in [1.82, 2.24) is 29.7 Å². The predicted molar refractivity (Wildman–Crippen MR) is 312 cm³/mol. The van der Waals surface area contributed by atoms with Crippen LogP contribution in [0.4, 0.5) is 72.6 Å². The molecule has 2 aromatic heterocycles. The quantitative estimate of drug-likeness (QED) is 0.0185. The zero-order valence-electron chi connectivity index (χ0n) is 49.1. The maximum Gasteiger partial charge on any atom is 0.421 e. The van der Waals surface area contributed by atoms with Crippen LogP contribution in [0.3, 0.4) is 0 Å². The summed E-state index contributed by atoms with van der Waals surface area (Å²) in [5.74, 6) is -1.53. The van der Waals surface area contributed by atoms with E-state index in [2.05, 4.69) is 41.2 Å². The molecule has 32 heteroatoms. The predicted octanol–water partition coefficient (Wildman–Crippen LogP) is 11.2. The minimum Gasteiger partial charge on any atom is -0.495 e. The van der Waals surface area contributed by atoms with Crippen LogP contribution in [-0.2, 0) is 83.9 Å². The summed E-state index contributed by atoms with van der Waals surface area (Å²) in [5.41, 5.74) is 1.99. The third-order valence-corrected chi connectivity index (χ3v) is 16.8. The van der Waals surface area contributed by atoms with Gasteiger partial charge >= 0.3 is 27.5 Å². The van der Waals surface area contributed by atoms with E-state index in [0.717, 1.165) is 5.56 Å². The highest BCUT2D eigenvalue weighted by atomic mass is 31.2. The molecule has 2 aliphatic rings. The molecule has 4 N–H and O–H groups in total. The number of amides is 2. The second-order valence-corrected chi connectivity index (χ2v) is 23.4. The van der Waals surface area contributed by atoms with Crippen molar-refractivity contribution in [2.24, 2.45) is 0 Å². The number of benzene rings is 4. The molecule has 6 aromatic rings. The molecule has 0 saturated heterocycles. The molecule has 88 heavy (non-hydrogen) atoms. The Bertz CT molecular complexity index is 3470. The van der Waals surface area contributed by atoms with E-state index in [1.54, 1.807) is 68.7 Å². The van der Waals surface area contributed by atoms with Crippen LogP contribution < -0.4 is 30.7 Å². The Labute approximate surface area is 502 Å². The number of nitrogens with zero attached hydrogens (tertiary/aromatic N) is 6. The molecule has 4 aromatic carbocycles. The number of aromatic nitrogens is 4. The van der Waals surface area contributed by atoms with E-state index < -0.39 is 50.3 Å². The minimum atomic E-state index is -4.79. The monoisotopic (exact) mass is 1280 g/mol. The van der Waals surface area contributed by atoms with E-state index in [0.29, 0.717) is 59.1 Å². The van der Waals surface area contributed by atoms with Gasteiger partial charge in [-0.25, -0.2) is 9.97 Å². The molecule has 2 amide bonds. The maximum absolute atomic E-state index is 14.0. The Morgan fingerprint density at radius 2 is 0.841 bits per heavy atom. The zero-order valence-corrected chi connectivity index (χ0v) is 50.9. The average Bonchev–Trinajstić information content (AvgIpc) is 2.89. The first kappa shape index (κ1) is 68.0. The second kappa shape index (κ2) is 30.6. The average molecular weight is 1280 g/mol. The van der Waals surface area contributed by atoms with Gasteiger partial charge in [-0.3, -0.25) is 18.7 Å². The summed E-state index contributed by atoms with van der Waals surface area (Å²) in [4.78, 5) is 44.2. The fraction of sp³-hybridized carbons (Fsp3) is 0.393. The summed E-state index contributed by atoms with van der Waals surface area (Å²) in [6.45, 7) is 1.73. The van der Waals surface area contributed by atoms with Crippen molar-refractivity contribution in [3.05, 3.63) is 130 Å². The van der Waals surface area contributed by atoms with Crippen LogP contribution in [0.5, 0.6) is 11.5 Å². The van der Waals surface area contributed by atoms with Gasteiger partial charge in [0.1, 0.15) is 34.3 Å². The van der Waals surface area contributed by atoms with Gasteiger partial charge in [-0.1, -0.05) is 36.4 Å². The van der Waals surface area contributed by atoms with Gasteiger partial charge in [-0.15, -0.1) is 0 Å². The van der Waals surface area contributed by atoms with Crippen molar-refractivity contribution in [3.8, 4) is 11.5 Å². The Hall–Kier alpha value is -7.50. The summed E-state index contributed by atoms with van der Waals surface area (Å²) in [5, 5.41) is 11.1. The van der Waals surface area contributed by atoms with Crippen molar-refractivity contribution in [2.75, 3.05) is 131 Å². The molecule has 4 heterocycles. The Morgan fingerprint density at radius 3 is 1.20 bits per heavy atom. The third-order valence-electron chi connectivity index (χ3n) is 13.0. The fourth-order valence-electron chi connectivity index (χ4n) is 8.82. The number of nitrogens with one attached hydrogen (secondary N) is 4. The molecule has 8 rings (SSSR count). The molecule has 0 spiro atoms. The topological polar surface area (TPSA) is 267 Å². The van der Waals surface area contributed by atoms with E-state index in [9.17, 15) is 45.1 Å². The molecule has 24 nitrogen and oxygen atoms in total. The van der Waals surface area contributed by atoms with Crippen LogP contribution in [-0.4, -0.2) is 151 Å². The first-order valence-electron chi connectivity index (χ1n) is 26.7. The Kier molecular flexibility index (Phi) is 23.7. The summed E-state index contributed by atoms with van der Waals surface area (Å²) in [6, 6.07) is 19.4. The number of methoxy groups -OCH3 is 6. The minimum absolute atomic E-state index is 0.0263. The smallest absolute Gasteiger partial charge is 0.421 e. The molecule has 0 unspecified atom stereocenters. The standard InChI is InChI=1S/2C28H33F3N5O7P/c1-36-16-19-6-5-7-22(24(19)26(36)37)33-25-20(28(29,30)31)15-32-27(35-25)34-21-9-8-18(14-23(21)41-4)17-44(38,42-12-10-39-2)43-13-11-40-3;1-36-16-19-6-5-7-22(24(19)26(36)37)34-27-32-15-20(28(29,30)31)25(35-27)33-21-9-8-18(14-23(21)41-4)17-44(38,42-12-10-39-2)43-13-11-40-3/h2*5-9,14-15H,10-13,16-17H2,1-4H3,(H2,32,33,34,35). The lowest BCUT2D eigenvalue weighted by atomic mass is 10.1. The molecule has 0 radical (unpaired) electrons. The van der Waals surface area contributed by atoms with E-state index in [4.69, 9.17) is 46.5 Å². The van der Waals surface area contributed by atoms with E-state index in [1.165, 1.54) is 70.7 Å². The van der Waals surface area contributed by atoms with E-state index >= 15 is 0 Å². The summed E-state index contributed by atoms with van der Waals surface area (Å²) in [7, 11) is 4.72. The van der Waals surface area contributed by atoms with Crippen LogP contribution in [0.25, 0.3) is 0 Å². The van der Waals surface area contributed by atoms with Crippen LogP contribution in [0.1, 0.15) is 54.1 Å². The molecule has 0 atom stereocenters. The summed E-state index contributed by atoms with van der Waals surface area (Å²) >= 11 is 0. The first-order valence-corrected chi connectivity index (χ1v) is 30.2. The van der Waals surface area contributed by atoms with E-state index in [-0.39, 0.29) is 117 Å². The van der Waals surface area contributed by atoms with Crippen molar-refractivity contribution >= 4 is 73.3 Å². The van der Waals surface area contributed by atoms with Crippen molar-refractivity contribution in [3.63, 3.8) is 0 Å². The van der Waals surface area contributed by atoms with Crippen molar-refractivity contribution in [2.45, 2.75) is 37.8 Å². The molecule has 0 bridgehead atoms. The number of hydrogen-bond acceptors (Lipinski definition) is 22. The number of fused-ring (bicyclic) bond motifs is 2. The van der Waals surface area contributed by atoms with Gasteiger partial charge in [0.2, 0.25) is 11.9 Å². The summed E-state index contributed by atoms with van der Waals surface area (Å²) < 4.78 is 163. The number of halogens is 6. The molecular formula is C56H66F6N10O14P2. The molecular weight excluding hydrogens is 1210 g/mol. The number of anilines is 8. The maximum atomic E-state index is 14.0. The Balaban J connectivity index is 0.000000251. The lowest BCUT2D eigenvalue weighted by molar-refractivity contribution is -0.138. The molecule has 0 fully saturated rings. The highest BCUT2D eigenvalue weighted by Crippen LogP contribution is 2.53. The number of alkyl halides is 6. The number of carbonyl (C=O) groups excluding carboxylic acids is 2. The van der Waals surface area contributed by atoms with Gasteiger partial charge in [0, 0.05) is 68.0 Å². The molecule has 0 aliphatic carbocycles. The van der Waals surface area contributed by atoms with Gasteiger partial charge in [-0.2, -0.15) is 36.3 Å². The van der Waals surface area contributed by atoms with Gasteiger partial charge < -0.3 is 77.6 Å². The van der Waals surface area contributed by atoms with E-state index in [1.807, 2.05) is 0 Å². The van der Waals surface area contributed by atoms with Gasteiger partial charge in [0.15, 0.2) is 0 Å². The van der Waals surface area contributed by atoms with Crippen LogP contribution in [0, 0.1) is 0 Å². The lowest BCUT2D eigenvalue weighted by Gasteiger charge is -2.20. The van der Waals surface area contributed by atoms with Crippen LogP contribution in [0.15, 0.2) is 85.2 Å². The molecule has 2 aliphatic heterocycles. The zero-order chi connectivity index (χ0) is 63.8.